The first kappa shape index (κ1) is 41.8. The van der Waals surface area contributed by atoms with Crippen LogP contribution in [0.2, 0.25) is 0 Å². The maximum absolute atomic E-state index is 14.0. The fraction of sp³-hybridized carbons (Fsp3) is 0.532. The Kier molecular flexibility index (Phi) is 10.4. The largest absolute Gasteiger partial charge is 0.504 e. The molecule has 4 heterocycles. The standard InChI is InChI=1S/C26H30O5.C21H25NO.H2O4S/c1-22(2)17(27)7-9-23(3)16-6-10-24(4)15(14-8-11-30-13-14)12-18-26(24,31-18)25(16,5)21(29)19(28)20(22)23;1-22-18-12-13-19(22)15-20(14-18)23-21(16-8-4-2-5-9-16)17-10-6-3-7-11-17;1-5(2,3)4/h7-9,11,13,15-16,18,28H,6,10,12H2,1-5H3;2-11,18-21H,12-15H2,1H3;(H2,1,2,3,4). The van der Waals surface area contributed by atoms with Gasteiger partial charge in [-0.25, -0.2) is 0 Å². The minimum Gasteiger partial charge on any atom is -0.504 e. The number of allylic oxidation sites excluding steroid dienone is 4. The van der Waals surface area contributed by atoms with Gasteiger partial charge in [0, 0.05) is 22.9 Å². The monoisotopic (exact) mass is 827 g/mol. The molecule has 1 spiro atoms. The number of nitrogens with zero attached hydrogens (tertiary/aromatic N) is 1. The van der Waals surface area contributed by atoms with E-state index in [1.165, 1.54) is 42.4 Å². The van der Waals surface area contributed by atoms with E-state index in [2.05, 4.69) is 86.5 Å². The number of benzene rings is 2. The Labute approximate surface area is 347 Å². The lowest BCUT2D eigenvalue weighted by Gasteiger charge is -2.62. The van der Waals surface area contributed by atoms with Crippen molar-refractivity contribution in [2.24, 2.45) is 27.6 Å². The molecule has 11 nitrogen and oxygen atoms in total. The van der Waals surface area contributed by atoms with E-state index in [4.69, 9.17) is 31.4 Å². The molecule has 3 aliphatic heterocycles. The molecule has 3 aromatic rings. The van der Waals surface area contributed by atoms with Crippen LogP contribution in [0, 0.1) is 27.6 Å². The van der Waals surface area contributed by atoms with Crippen LogP contribution in [0.15, 0.2) is 107 Å². The van der Waals surface area contributed by atoms with Crippen LogP contribution in [0.25, 0.3) is 0 Å². The van der Waals surface area contributed by atoms with Gasteiger partial charge in [0.15, 0.2) is 11.5 Å². The highest BCUT2D eigenvalue weighted by Crippen LogP contribution is 2.81. The van der Waals surface area contributed by atoms with E-state index in [1.807, 2.05) is 39.2 Å². The SMILES string of the molecule is CC1(C)C(=O)C=CC2(C)C1=C(O)C(=O)C1(C)C2CCC2(C)C(c3ccoc3)CC3OC321.CN1C2CCC1CC(OC(c1ccccc1)c1ccccc1)C2.O=S(=O)(O)O. The number of hydrogen-bond acceptors (Lipinski definition) is 9. The van der Waals surface area contributed by atoms with Crippen LogP contribution >= 0.6 is 0 Å². The average Bonchev–Trinajstić information content (AvgIpc) is 3.44. The van der Waals surface area contributed by atoms with Crippen molar-refractivity contribution in [1.29, 1.82) is 0 Å². The second kappa shape index (κ2) is 14.6. The first-order valence-electron chi connectivity index (χ1n) is 20.9. The number of epoxide rings is 1. The zero-order chi connectivity index (χ0) is 42.3. The maximum atomic E-state index is 14.0. The number of ketones is 2. The lowest BCUT2D eigenvalue weighted by Crippen LogP contribution is -2.66. The van der Waals surface area contributed by atoms with E-state index in [1.54, 1.807) is 12.3 Å². The summed E-state index contributed by atoms with van der Waals surface area (Å²) in [5, 5.41) is 11.4. The molecule has 7 aliphatic rings. The van der Waals surface area contributed by atoms with Gasteiger partial charge in [-0.2, -0.15) is 8.42 Å². The summed E-state index contributed by atoms with van der Waals surface area (Å²) in [6.45, 7) is 10.0. The summed E-state index contributed by atoms with van der Waals surface area (Å²) in [5.41, 5.74) is 1.11. The van der Waals surface area contributed by atoms with Crippen LogP contribution in [0.1, 0.15) is 108 Å². The predicted octanol–water partition coefficient (Wildman–Crippen LogP) is 8.66. The topological polar surface area (TPSA) is 167 Å². The second-order valence-electron chi connectivity index (χ2n) is 19.0. The number of fused-ring (bicyclic) bond motifs is 5. The number of furan rings is 1. The van der Waals surface area contributed by atoms with Crippen molar-refractivity contribution in [1.82, 2.24) is 4.90 Å². The molecule has 1 aromatic heterocycles. The highest BCUT2D eigenvalue weighted by atomic mass is 32.3. The molecule has 10 rings (SSSR count). The minimum absolute atomic E-state index is 0.00527. The van der Waals surface area contributed by atoms with Crippen LogP contribution in [0.4, 0.5) is 0 Å². The third kappa shape index (κ3) is 6.60. The van der Waals surface area contributed by atoms with Crippen molar-refractivity contribution in [3.05, 3.63) is 119 Å². The van der Waals surface area contributed by atoms with Gasteiger partial charge in [-0.3, -0.25) is 18.7 Å². The Hall–Kier alpha value is -3.91. The van der Waals surface area contributed by atoms with Crippen LogP contribution < -0.4 is 0 Å². The molecule has 9 atom stereocenters. The van der Waals surface area contributed by atoms with Crippen LogP contribution in [-0.2, 0) is 29.5 Å². The molecule has 12 heteroatoms. The molecule has 2 saturated carbocycles. The van der Waals surface area contributed by atoms with Crippen molar-refractivity contribution in [2.45, 2.75) is 121 Å². The summed E-state index contributed by atoms with van der Waals surface area (Å²) in [4.78, 5) is 29.3. The Balaban J connectivity index is 0.000000153. The molecule has 59 heavy (non-hydrogen) atoms. The summed E-state index contributed by atoms with van der Waals surface area (Å²) in [6.07, 6.45) is 15.2. The first-order chi connectivity index (χ1) is 27.8. The van der Waals surface area contributed by atoms with Crippen molar-refractivity contribution in [3.63, 3.8) is 0 Å². The van der Waals surface area contributed by atoms with Gasteiger partial charge in [0.25, 0.3) is 0 Å². The molecule has 2 aromatic carbocycles. The number of ether oxygens (including phenoxy) is 2. The molecule has 9 unspecified atom stereocenters. The van der Waals surface area contributed by atoms with Gasteiger partial charge in [-0.1, -0.05) is 80.6 Å². The molecule has 5 fully saturated rings. The molecule has 4 aliphatic carbocycles. The summed E-state index contributed by atoms with van der Waals surface area (Å²) < 4.78 is 50.1. The van der Waals surface area contributed by atoms with Gasteiger partial charge in [0.2, 0.25) is 5.78 Å². The lowest BCUT2D eigenvalue weighted by atomic mass is 9.39. The predicted molar refractivity (Wildman–Crippen MR) is 221 cm³/mol. The first-order valence-corrected chi connectivity index (χ1v) is 22.3. The number of carbonyl (C=O) groups is 2. The number of Topliss-reactive ketones (excluding diaryl/α,β-unsaturated/α-hetero) is 1. The van der Waals surface area contributed by atoms with E-state index in [9.17, 15) is 14.7 Å². The van der Waals surface area contributed by atoms with Crippen molar-refractivity contribution in [3.8, 4) is 0 Å². The number of hydrogen-bond donors (Lipinski definition) is 3. The number of aliphatic hydroxyl groups excluding tert-OH is 1. The van der Waals surface area contributed by atoms with Crippen molar-refractivity contribution < 1.29 is 46.1 Å². The van der Waals surface area contributed by atoms with Gasteiger partial charge in [-0.05, 0) is 119 Å². The number of piperidine rings is 1. The summed E-state index contributed by atoms with van der Waals surface area (Å²) in [5.74, 6) is -0.312. The number of aliphatic hydroxyl groups is 1. The Morgan fingerprint density at radius 2 is 1.42 bits per heavy atom. The molecular weight excluding hydrogens is 771 g/mol. The average molecular weight is 828 g/mol. The third-order valence-corrected chi connectivity index (χ3v) is 15.8. The molecule has 0 amide bonds. The molecule has 3 saturated heterocycles. The Morgan fingerprint density at radius 1 is 0.847 bits per heavy atom. The van der Waals surface area contributed by atoms with Crippen molar-refractivity contribution in [2.75, 3.05) is 7.05 Å². The number of carbonyl (C=O) groups excluding carboxylic acids is 2. The Morgan fingerprint density at radius 3 is 1.97 bits per heavy atom. The molecule has 3 N–H and O–H groups in total. The van der Waals surface area contributed by atoms with Gasteiger partial charge < -0.3 is 23.9 Å². The fourth-order valence-electron chi connectivity index (χ4n) is 13.1. The maximum Gasteiger partial charge on any atom is 0.394 e. The second-order valence-corrected chi connectivity index (χ2v) is 19.9. The van der Waals surface area contributed by atoms with Gasteiger partial charge in [0.05, 0.1) is 35.6 Å². The molecule has 2 bridgehead atoms. The smallest absolute Gasteiger partial charge is 0.394 e. The molecule has 0 radical (unpaired) electrons. The van der Waals surface area contributed by atoms with Crippen LogP contribution in [0.3, 0.4) is 0 Å². The van der Waals surface area contributed by atoms with Gasteiger partial charge >= 0.3 is 10.4 Å². The zero-order valence-electron chi connectivity index (χ0n) is 34.7. The fourth-order valence-corrected chi connectivity index (χ4v) is 13.1. The van der Waals surface area contributed by atoms with Crippen LogP contribution in [-0.4, -0.2) is 76.0 Å². The minimum atomic E-state index is -4.67. The van der Waals surface area contributed by atoms with Gasteiger partial charge in [0.1, 0.15) is 11.7 Å². The van der Waals surface area contributed by atoms with E-state index in [-0.39, 0.29) is 46.8 Å². The van der Waals surface area contributed by atoms with E-state index >= 15 is 0 Å². The van der Waals surface area contributed by atoms with E-state index in [0.717, 1.165) is 19.3 Å². The summed E-state index contributed by atoms with van der Waals surface area (Å²) in [6, 6.07) is 24.7. The highest BCUT2D eigenvalue weighted by molar-refractivity contribution is 7.79. The van der Waals surface area contributed by atoms with E-state index in [0.29, 0.717) is 23.8 Å². The molecule has 316 valence electrons. The quantitative estimate of drug-likeness (QED) is 0.166. The summed E-state index contributed by atoms with van der Waals surface area (Å²) >= 11 is 0. The zero-order valence-corrected chi connectivity index (χ0v) is 35.5. The van der Waals surface area contributed by atoms with Crippen molar-refractivity contribution >= 4 is 22.0 Å². The normalized spacial score (nSPS) is 37.6. The lowest BCUT2D eigenvalue weighted by molar-refractivity contribution is -0.162. The number of rotatable bonds is 5. The summed E-state index contributed by atoms with van der Waals surface area (Å²) in [7, 11) is -2.38. The van der Waals surface area contributed by atoms with Gasteiger partial charge in [-0.15, -0.1) is 0 Å². The highest BCUT2D eigenvalue weighted by Gasteiger charge is 2.87. The van der Waals surface area contributed by atoms with E-state index < -0.39 is 32.2 Å². The molecular formula is C47H57NO10S. The van der Waals surface area contributed by atoms with Crippen LogP contribution in [0.5, 0.6) is 0 Å². The third-order valence-electron chi connectivity index (χ3n) is 15.8. The Bertz CT molecular complexity index is 2190.